The molecule has 0 bridgehead atoms. The first-order valence-corrected chi connectivity index (χ1v) is 7.33. The smallest absolute Gasteiger partial charge is 0.239 e. The molecule has 0 radical (unpaired) electrons. The third kappa shape index (κ3) is 3.66. The Morgan fingerprint density at radius 2 is 2.28 bits per heavy atom. The SMILES string of the molecule is NS(=O)(=O)c1ccc(OCC2CCCCO2)nc1. The van der Waals surface area contributed by atoms with E-state index in [9.17, 15) is 8.42 Å². The molecule has 1 unspecified atom stereocenters. The van der Waals surface area contributed by atoms with Crippen molar-refractivity contribution >= 4 is 10.0 Å². The van der Waals surface area contributed by atoms with Crippen molar-refractivity contribution in [2.24, 2.45) is 5.14 Å². The molecule has 1 atom stereocenters. The Kier molecular flexibility index (Phi) is 4.15. The summed E-state index contributed by atoms with van der Waals surface area (Å²) < 4.78 is 33.0. The second-order valence-corrected chi connectivity index (χ2v) is 5.74. The van der Waals surface area contributed by atoms with Gasteiger partial charge in [-0.25, -0.2) is 18.5 Å². The molecule has 1 fully saturated rings. The van der Waals surface area contributed by atoms with Gasteiger partial charge < -0.3 is 9.47 Å². The fourth-order valence-electron chi connectivity index (χ4n) is 1.74. The maximum absolute atomic E-state index is 11.0. The van der Waals surface area contributed by atoms with E-state index < -0.39 is 10.0 Å². The zero-order valence-electron chi connectivity index (χ0n) is 9.91. The molecule has 0 spiro atoms. The molecular weight excluding hydrogens is 256 g/mol. The first-order chi connectivity index (χ1) is 8.55. The second-order valence-electron chi connectivity index (χ2n) is 4.18. The molecule has 0 amide bonds. The van der Waals surface area contributed by atoms with E-state index in [0.29, 0.717) is 12.5 Å². The number of primary sulfonamides is 1. The van der Waals surface area contributed by atoms with Gasteiger partial charge in [-0.15, -0.1) is 0 Å². The van der Waals surface area contributed by atoms with Crippen LogP contribution in [0.15, 0.2) is 23.2 Å². The second kappa shape index (κ2) is 5.64. The Morgan fingerprint density at radius 3 is 2.83 bits per heavy atom. The Labute approximate surface area is 106 Å². The fourth-order valence-corrected chi connectivity index (χ4v) is 2.19. The average molecular weight is 272 g/mol. The highest BCUT2D eigenvalue weighted by Crippen LogP contribution is 2.15. The number of nitrogens with two attached hydrogens (primary N) is 1. The minimum atomic E-state index is -3.70. The molecule has 6 nitrogen and oxygen atoms in total. The summed E-state index contributed by atoms with van der Waals surface area (Å²) in [5.74, 6) is 0.372. The van der Waals surface area contributed by atoms with E-state index in [4.69, 9.17) is 14.6 Å². The predicted octanol–water partition coefficient (Wildman–Crippen LogP) is 0.677. The van der Waals surface area contributed by atoms with E-state index in [1.807, 2.05) is 0 Å². The molecule has 2 rings (SSSR count). The molecule has 18 heavy (non-hydrogen) atoms. The lowest BCUT2D eigenvalue weighted by atomic mass is 10.1. The standard InChI is InChI=1S/C11H16N2O4S/c12-18(14,15)10-4-5-11(13-7-10)17-8-9-3-1-2-6-16-9/h4-5,7,9H,1-3,6,8H2,(H2,12,14,15). The summed E-state index contributed by atoms with van der Waals surface area (Å²) in [5.41, 5.74) is 0. The van der Waals surface area contributed by atoms with Crippen LogP contribution in [0.25, 0.3) is 0 Å². The summed E-state index contributed by atoms with van der Waals surface area (Å²) in [7, 11) is -3.70. The molecule has 1 aromatic heterocycles. The lowest BCUT2D eigenvalue weighted by Gasteiger charge is -2.22. The van der Waals surface area contributed by atoms with E-state index in [-0.39, 0.29) is 11.0 Å². The van der Waals surface area contributed by atoms with Crippen LogP contribution in [0.1, 0.15) is 19.3 Å². The van der Waals surface area contributed by atoms with Crippen LogP contribution in [-0.4, -0.2) is 32.7 Å². The number of nitrogens with zero attached hydrogens (tertiary/aromatic N) is 1. The average Bonchev–Trinajstić information content (AvgIpc) is 2.37. The normalized spacial score (nSPS) is 20.6. The van der Waals surface area contributed by atoms with Crippen LogP contribution in [0, 0.1) is 0 Å². The van der Waals surface area contributed by atoms with Gasteiger partial charge in [0, 0.05) is 12.7 Å². The van der Waals surface area contributed by atoms with Crippen LogP contribution in [0.5, 0.6) is 5.88 Å². The van der Waals surface area contributed by atoms with Gasteiger partial charge in [0.1, 0.15) is 11.5 Å². The van der Waals surface area contributed by atoms with Crippen LogP contribution in [0.2, 0.25) is 0 Å². The Hall–Kier alpha value is -1.18. The summed E-state index contributed by atoms with van der Waals surface area (Å²) in [6.45, 7) is 1.20. The van der Waals surface area contributed by atoms with Crippen LogP contribution >= 0.6 is 0 Å². The molecule has 1 aromatic rings. The zero-order chi connectivity index (χ0) is 13.0. The van der Waals surface area contributed by atoms with E-state index in [0.717, 1.165) is 25.9 Å². The number of hydrogen-bond donors (Lipinski definition) is 1. The van der Waals surface area contributed by atoms with Gasteiger partial charge in [-0.2, -0.15) is 0 Å². The number of rotatable bonds is 4. The van der Waals surface area contributed by atoms with Gasteiger partial charge in [-0.3, -0.25) is 0 Å². The summed E-state index contributed by atoms with van der Waals surface area (Å²) in [6, 6.07) is 2.86. The Morgan fingerprint density at radius 1 is 1.44 bits per heavy atom. The van der Waals surface area contributed by atoms with Gasteiger partial charge in [0.05, 0.1) is 12.3 Å². The molecule has 2 heterocycles. The molecule has 1 aliphatic heterocycles. The minimum absolute atomic E-state index is 0.0243. The van der Waals surface area contributed by atoms with Gasteiger partial charge in [0.25, 0.3) is 0 Å². The summed E-state index contributed by atoms with van der Waals surface area (Å²) in [6.07, 6.45) is 4.50. The van der Waals surface area contributed by atoms with Crippen molar-refractivity contribution in [2.75, 3.05) is 13.2 Å². The minimum Gasteiger partial charge on any atom is -0.475 e. The van der Waals surface area contributed by atoms with Crippen molar-refractivity contribution in [1.29, 1.82) is 0 Å². The van der Waals surface area contributed by atoms with Gasteiger partial charge in [-0.1, -0.05) is 0 Å². The van der Waals surface area contributed by atoms with Crippen molar-refractivity contribution in [2.45, 2.75) is 30.3 Å². The van der Waals surface area contributed by atoms with Gasteiger partial charge in [-0.05, 0) is 25.3 Å². The highest BCUT2D eigenvalue weighted by atomic mass is 32.2. The first-order valence-electron chi connectivity index (χ1n) is 5.79. The third-order valence-corrected chi connectivity index (χ3v) is 3.63. The molecule has 1 saturated heterocycles. The Balaban J connectivity index is 1.90. The Bertz CT molecular complexity index is 480. The van der Waals surface area contributed by atoms with Crippen LogP contribution in [0.3, 0.4) is 0 Å². The summed E-state index contributed by atoms with van der Waals surface area (Å²) in [4.78, 5) is 3.87. The molecule has 100 valence electrons. The molecule has 0 aromatic carbocycles. The van der Waals surface area contributed by atoms with Crippen LogP contribution < -0.4 is 9.88 Å². The maximum Gasteiger partial charge on any atom is 0.239 e. The summed E-state index contributed by atoms with van der Waals surface area (Å²) in [5, 5.41) is 4.97. The van der Waals surface area contributed by atoms with E-state index in [2.05, 4.69) is 4.98 Å². The largest absolute Gasteiger partial charge is 0.475 e. The number of aromatic nitrogens is 1. The molecule has 0 saturated carbocycles. The lowest BCUT2D eigenvalue weighted by molar-refractivity contribution is -0.0119. The van der Waals surface area contributed by atoms with Gasteiger partial charge >= 0.3 is 0 Å². The molecule has 0 aliphatic carbocycles. The van der Waals surface area contributed by atoms with Crippen LogP contribution in [-0.2, 0) is 14.8 Å². The molecule has 7 heteroatoms. The van der Waals surface area contributed by atoms with Crippen molar-refractivity contribution in [3.63, 3.8) is 0 Å². The number of pyridine rings is 1. The van der Waals surface area contributed by atoms with Gasteiger partial charge in [0.15, 0.2) is 0 Å². The van der Waals surface area contributed by atoms with Crippen molar-refractivity contribution in [1.82, 2.24) is 4.98 Å². The van der Waals surface area contributed by atoms with Crippen LogP contribution in [0.4, 0.5) is 0 Å². The van der Waals surface area contributed by atoms with E-state index >= 15 is 0 Å². The lowest BCUT2D eigenvalue weighted by Crippen LogP contribution is -2.26. The highest BCUT2D eigenvalue weighted by molar-refractivity contribution is 7.89. The quantitative estimate of drug-likeness (QED) is 0.870. The predicted molar refractivity (Wildman–Crippen MR) is 64.7 cm³/mol. The number of hydrogen-bond acceptors (Lipinski definition) is 5. The van der Waals surface area contributed by atoms with Crippen molar-refractivity contribution < 1.29 is 17.9 Å². The zero-order valence-corrected chi connectivity index (χ0v) is 10.7. The first kappa shape index (κ1) is 13.3. The number of sulfonamides is 1. The highest BCUT2D eigenvalue weighted by Gasteiger charge is 2.15. The topological polar surface area (TPSA) is 91.5 Å². The number of ether oxygens (including phenoxy) is 2. The van der Waals surface area contributed by atoms with E-state index in [1.54, 1.807) is 0 Å². The van der Waals surface area contributed by atoms with E-state index in [1.165, 1.54) is 18.3 Å². The molecule has 1 aliphatic rings. The third-order valence-electron chi connectivity index (χ3n) is 2.73. The summed E-state index contributed by atoms with van der Waals surface area (Å²) >= 11 is 0. The molecular formula is C11H16N2O4S. The molecule has 2 N–H and O–H groups in total. The van der Waals surface area contributed by atoms with Gasteiger partial charge in [0.2, 0.25) is 15.9 Å². The van der Waals surface area contributed by atoms with Crippen molar-refractivity contribution in [3.8, 4) is 5.88 Å². The maximum atomic E-state index is 11.0. The van der Waals surface area contributed by atoms with Crippen molar-refractivity contribution in [3.05, 3.63) is 18.3 Å². The fraction of sp³-hybridized carbons (Fsp3) is 0.545. The monoisotopic (exact) mass is 272 g/mol.